The lowest BCUT2D eigenvalue weighted by Gasteiger charge is -2.00. The van der Waals surface area contributed by atoms with Crippen LogP contribution in [0.1, 0.15) is 34.7 Å². The molecule has 0 bridgehead atoms. The molecular weight excluding hydrogens is 210 g/mol. The van der Waals surface area contributed by atoms with Crippen molar-refractivity contribution in [1.82, 2.24) is 5.32 Å². The smallest absolute Gasteiger partial charge is 0.339 e. The Kier molecular flexibility index (Phi) is 5.01. The second-order valence-corrected chi connectivity index (χ2v) is 3.60. The molecule has 0 amide bonds. The van der Waals surface area contributed by atoms with Crippen LogP contribution in [0.2, 0.25) is 0 Å². The zero-order valence-corrected chi connectivity index (χ0v) is 9.32. The van der Waals surface area contributed by atoms with Crippen LogP contribution < -0.4 is 5.32 Å². The van der Waals surface area contributed by atoms with Gasteiger partial charge in [0.25, 0.3) is 0 Å². The lowest BCUT2D eigenvalue weighted by atomic mass is 10.2. The van der Waals surface area contributed by atoms with Crippen molar-refractivity contribution in [2.75, 3.05) is 13.2 Å². The van der Waals surface area contributed by atoms with Crippen LogP contribution >= 0.6 is 0 Å². The largest absolute Gasteiger partial charge is 0.478 e. The third-order valence-electron chi connectivity index (χ3n) is 2.26. The van der Waals surface area contributed by atoms with E-state index in [1.807, 2.05) is 0 Å². The van der Waals surface area contributed by atoms with Gasteiger partial charge in [-0.2, -0.15) is 0 Å². The van der Waals surface area contributed by atoms with Crippen LogP contribution in [0.4, 0.5) is 0 Å². The fraction of sp³-hybridized carbons (Fsp3) is 0.545. The van der Waals surface area contributed by atoms with Gasteiger partial charge in [0.05, 0.1) is 6.54 Å². The van der Waals surface area contributed by atoms with Crippen LogP contribution in [0.25, 0.3) is 0 Å². The average Bonchev–Trinajstić information content (AvgIpc) is 2.59. The molecule has 0 unspecified atom stereocenters. The maximum absolute atomic E-state index is 10.7. The van der Waals surface area contributed by atoms with Gasteiger partial charge >= 0.3 is 5.97 Å². The molecule has 0 aliphatic heterocycles. The molecule has 0 saturated heterocycles. The molecule has 0 aliphatic rings. The van der Waals surface area contributed by atoms with Crippen LogP contribution in [0.5, 0.6) is 0 Å². The summed E-state index contributed by atoms with van der Waals surface area (Å²) >= 11 is 0. The van der Waals surface area contributed by atoms with E-state index in [9.17, 15) is 4.79 Å². The Morgan fingerprint density at radius 2 is 2.25 bits per heavy atom. The van der Waals surface area contributed by atoms with Crippen LogP contribution in [-0.4, -0.2) is 29.3 Å². The number of rotatable bonds is 7. The van der Waals surface area contributed by atoms with Gasteiger partial charge in [0.15, 0.2) is 0 Å². The van der Waals surface area contributed by atoms with Crippen molar-refractivity contribution in [3.63, 3.8) is 0 Å². The molecule has 90 valence electrons. The number of nitrogens with one attached hydrogen (secondary N) is 1. The molecule has 1 aromatic rings. The second kappa shape index (κ2) is 6.30. The van der Waals surface area contributed by atoms with Gasteiger partial charge in [-0.15, -0.1) is 0 Å². The van der Waals surface area contributed by atoms with Crippen molar-refractivity contribution >= 4 is 5.97 Å². The lowest BCUT2D eigenvalue weighted by Crippen LogP contribution is -2.14. The van der Waals surface area contributed by atoms with Crippen molar-refractivity contribution in [1.29, 1.82) is 0 Å². The summed E-state index contributed by atoms with van der Waals surface area (Å²) in [7, 11) is 0. The zero-order valence-electron chi connectivity index (χ0n) is 9.32. The maximum Gasteiger partial charge on any atom is 0.339 e. The molecule has 5 heteroatoms. The molecule has 0 radical (unpaired) electrons. The van der Waals surface area contributed by atoms with Crippen LogP contribution in [-0.2, 0) is 6.54 Å². The van der Waals surface area contributed by atoms with E-state index in [-0.39, 0.29) is 12.2 Å². The SMILES string of the molecule is Cc1oc(CNCCCCO)cc1C(=O)O. The van der Waals surface area contributed by atoms with Gasteiger partial charge in [0.2, 0.25) is 0 Å². The van der Waals surface area contributed by atoms with Gasteiger partial charge in [-0.25, -0.2) is 4.79 Å². The molecule has 0 aliphatic carbocycles. The normalized spacial score (nSPS) is 10.6. The van der Waals surface area contributed by atoms with Crippen molar-refractivity contribution in [3.05, 3.63) is 23.2 Å². The molecule has 0 fully saturated rings. The van der Waals surface area contributed by atoms with Crippen molar-refractivity contribution < 1.29 is 19.4 Å². The zero-order chi connectivity index (χ0) is 12.0. The molecule has 1 aromatic heterocycles. The molecule has 0 saturated carbocycles. The number of carbonyl (C=O) groups is 1. The minimum Gasteiger partial charge on any atom is -0.478 e. The third-order valence-corrected chi connectivity index (χ3v) is 2.26. The topological polar surface area (TPSA) is 82.7 Å². The van der Waals surface area contributed by atoms with E-state index in [1.54, 1.807) is 6.92 Å². The fourth-order valence-electron chi connectivity index (χ4n) is 1.42. The van der Waals surface area contributed by atoms with Crippen molar-refractivity contribution in [3.8, 4) is 0 Å². The minimum atomic E-state index is -0.965. The first-order chi connectivity index (χ1) is 7.65. The van der Waals surface area contributed by atoms with E-state index in [4.69, 9.17) is 14.6 Å². The molecule has 1 heterocycles. The number of aliphatic hydroxyl groups excluding tert-OH is 1. The van der Waals surface area contributed by atoms with E-state index in [1.165, 1.54) is 6.07 Å². The molecule has 0 atom stereocenters. The molecule has 1 rings (SSSR count). The Bertz CT molecular complexity index is 346. The average molecular weight is 227 g/mol. The first-order valence-corrected chi connectivity index (χ1v) is 5.29. The summed E-state index contributed by atoms with van der Waals surface area (Å²) in [6.45, 7) is 3.13. The Morgan fingerprint density at radius 1 is 1.50 bits per heavy atom. The fourth-order valence-corrected chi connectivity index (χ4v) is 1.42. The quantitative estimate of drug-likeness (QED) is 0.609. The number of hydrogen-bond donors (Lipinski definition) is 3. The van der Waals surface area contributed by atoms with Gasteiger partial charge in [-0.3, -0.25) is 0 Å². The summed E-state index contributed by atoms with van der Waals surface area (Å²) in [5, 5.41) is 20.5. The molecule has 0 aromatic carbocycles. The first-order valence-electron chi connectivity index (χ1n) is 5.29. The first kappa shape index (κ1) is 12.7. The number of furan rings is 1. The summed E-state index contributed by atoms with van der Waals surface area (Å²) in [5.74, 6) is 0.0892. The number of aryl methyl sites for hydroxylation is 1. The van der Waals surface area contributed by atoms with E-state index in [0.29, 0.717) is 18.1 Å². The standard InChI is InChI=1S/C11H17NO4/c1-8-10(11(14)15)6-9(16-8)7-12-4-2-3-5-13/h6,12-13H,2-5,7H2,1H3,(H,14,15). The van der Waals surface area contributed by atoms with Gasteiger partial charge in [0, 0.05) is 6.61 Å². The number of carboxylic acids is 1. The van der Waals surface area contributed by atoms with E-state index in [2.05, 4.69) is 5.32 Å². The summed E-state index contributed by atoms with van der Waals surface area (Å²) in [4.78, 5) is 10.7. The van der Waals surface area contributed by atoms with E-state index >= 15 is 0 Å². The maximum atomic E-state index is 10.7. The highest BCUT2D eigenvalue weighted by molar-refractivity contribution is 5.88. The number of carboxylic acid groups (broad SMARTS) is 1. The highest BCUT2D eigenvalue weighted by Gasteiger charge is 2.12. The number of aliphatic hydroxyl groups is 1. The predicted molar refractivity (Wildman–Crippen MR) is 58.4 cm³/mol. The van der Waals surface area contributed by atoms with Gasteiger partial charge in [-0.1, -0.05) is 0 Å². The Labute approximate surface area is 94.1 Å². The molecule has 0 spiro atoms. The predicted octanol–water partition coefficient (Wildman–Crippen LogP) is 1.15. The Balaban J connectivity index is 2.37. The number of aromatic carboxylic acids is 1. The Hall–Kier alpha value is -1.33. The summed E-state index contributed by atoms with van der Waals surface area (Å²) in [6.07, 6.45) is 1.66. The van der Waals surface area contributed by atoms with Gasteiger partial charge < -0.3 is 19.9 Å². The Morgan fingerprint density at radius 3 is 2.81 bits per heavy atom. The van der Waals surface area contributed by atoms with Gasteiger partial charge in [0.1, 0.15) is 17.1 Å². The highest BCUT2D eigenvalue weighted by Crippen LogP contribution is 2.14. The molecule has 5 nitrogen and oxygen atoms in total. The van der Waals surface area contributed by atoms with Crippen LogP contribution in [0.15, 0.2) is 10.5 Å². The summed E-state index contributed by atoms with van der Waals surface area (Å²) in [6, 6.07) is 1.54. The van der Waals surface area contributed by atoms with Crippen molar-refractivity contribution in [2.45, 2.75) is 26.3 Å². The molecule has 16 heavy (non-hydrogen) atoms. The minimum absolute atomic E-state index is 0.199. The third kappa shape index (κ3) is 3.67. The van der Waals surface area contributed by atoms with Crippen molar-refractivity contribution in [2.24, 2.45) is 0 Å². The summed E-state index contributed by atoms with van der Waals surface area (Å²) < 4.78 is 5.29. The number of hydrogen-bond acceptors (Lipinski definition) is 4. The van der Waals surface area contributed by atoms with E-state index < -0.39 is 5.97 Å². The highest BCUT2D eigenvalue weighted by atomic mass is 16.4. The lowest BCUT2D eigenvalue weighted by molar-refractivity contribution is 0.0695. The van der Waals surface area contributed by atoms with Crippen LogP contribution in [0.3, 0.4) is 0 Å². The second-order valence-electron chi connectivity index (χ2n) is 3.60. The summed E-state index contributed by atoms with van der Waals surface area (Å²) in [5.41, 5.74) is 0.215. The monoisotopic (exact) mass is 227 g/mol. The molecule has 3 N–H and O–H groups in total. The van der Waals surface area contributed by atoms with Crippen LogP contribution in [0, 0.1) is 6.92 Å². The van der Waals surface area contributed by atoms with E-state index in [0.717, 1.165) is 19.4 Å². The molecular formula is C11H17NO4. The number of unbranched alkanes of at least 4 members (excludes halogenated alkanes) is 1. The van der Waals surface area contributed by atoms with Gasteiger partial charge in [-0.05, 0) is 32.4 Å².